The van der Waals surface area contributed by atoms with Crippen LogP contribution in [0.3, 0.4) is 0 Å². The molecule has 1 rings (SSSR count). The van der Waals surface area contributed by atoms with Gasteiger partial charge in [-0.2, -0.15) is 0 Å². The van der Waals surface area contributed by atoms with Gasteiger partial charge in [0.15, 0.2) is 0 Å². The van der Waals surface area contributed by atoms with Crippen LogP contribution in [0.15, 0.2) is 16.6 Å². The summed E-state index contributed by atoms with van der Waals surface area (Å²) in [7, 11) is 6.28. The van der Waals surface area contributed by atoms with Gasteiger partial charge in [-0.25, -0.2) is 0 Å². The van der Waals surface area contributed by atoms with E-state index in [-0.39, 0.29) is 0 Å². The molecule has 1 heterocycles. The van der Waals surface area contributed by atoms with E-state index >= 15 is 0 Å². The van der Waals surface area contributed by atoms with Crippen LogP contribution in [-0.4, -0.2) is 27.1 Å². The molecule has 3 heteroatoms. The standard InChI is InChI=1S/C8H13B2N/c1-3-4-7-5-9-10-6-8(7)11-2/h4H,3,5-6H2,1-2H3. The highest BCUT2D eigenvalue weighted by Gasteiger charge is 2.12. The molecule has 0 aromatic heterocycles. The Morgan fingerprint density at radius 2 is 2.18 bits per heavy atom. The first-order valence-electron chi connectivity index (χ1n) is 4.18. The molecule has 0 bridgehead atoms. The Balaban J connectivity index is 2.67. The molecule has 0 aromatic carbocycles. The van der Waals surface area contributed by atoms with E-state index in [1.165, 1.54) is 11.3 Å². The van der Waals surface area contributed by atoms with Crippen LogP contribution < -0.4 is 0 Å². The Morgan fingerprint density at radius 3 is 2.82 bits per heavy atom. The average molecular weight is 145 g/mol. The number of rotatable bonds is 1. The monoisotopic (exact) mass is 145 g/mol. The molecule has 1 nitrogen and oxygen atoms in total. The fourth-order valence-corrected chi connectivity index (χ4v) is 1.34. The molecule has 0 spiro atoms. The summed E-state index contributed by atoms with van der Waals surface area (Å²) in [4.78, 5) is 4.24. The van der Waals surface area contributed by atoms with E-state index in [0.717, 1.165) is 19.1 Å². The zero-order valence-electron chi connectivity index (χ0n) is 7.30. The molecule has 0 saturated carbocycles. The molecular weight excluding hydrogens is 132 g/mol. The van der Waals surface area contributed by atoms with Gasteiger partial charge < -0.3 is 0 Å². The van der Waals surface area contributed by atoms with Crippen molar-refractivity contribution < 1.29 is 0 Å². The molecular formula is C8H13B2N. The highest BCUT2D eigenvalue weighted by Crippen LogP contribution is 2.13. The van der Waals surface area contributed by atoms with Crippen LogP contribution in [0.2, 0.25) is 12.6 Å². The number of allylic oxidation sites excluding steroid dienone is 2. The fourth-order valence-electron chi connectivity index (χ4n) is 1.34. The molecule has 0 amide bonds. The Bertz CT molecular complexity index is 185. The van der Waals surface area contributed by atoms with Crippen molar-refractivity contribution in [3.8, 4) is 0 Å². The van der Waals surface area contributed by atoms with Gasteiger partial charge in [0.05, 0.1) is 14.3 Å². The van der Waals surface area contributed by atoms with Crippen molar-refractivity contribution in [1.82, 2.24) is 0 Å². The largest absolute Gasteiger partial charge is 0.294 e. The summed E-state index contributed by atoms with van der Waals surface area (Å²) in [5.41, 5.74) is 2.67. The minimum atomic E-state index is 1.02. The fraction of sp³-hybridized carbons (Fsp3) is 0.625. The smallest absolute Gasteiger partial charge is 0.0737 e. The molecule has 0 aromatic rings. The average Bonchev–Trinajstić information content (AvgIpc) is 2.06. The predicted molar refractivity (Wildman–Crippen MR) is 52.9 cm³/mol. The molecule has 0 atom stereocenters. The molecule has 1 fully saturated rings. The Morgan fingerprint density at radius 1 is 1.45 bits per heavy atom. The van der Waals surface area contributed by atoms with Gasteiger partial charge in [0.1, 0.15) is 0 Å². The Hall–Kier alpha value is -0.460. The lowest BCUT2D eigenvalue weighted by atomic mass is 9.32. The molecule has 0 aliphatic carbocycles. The lowest BCUT2D eigenvalue weighted by Crippen LogP contribution is -2.19. The summed E-state index contributed by atoms with van der Waals surface area (Å²) in [6.45, 7) is 2.17. The molecule has 1 aliphatic rings. The topological polar surface area (TPSA) is 12.4 Å². The van der Waals surface area contributed by atoms with Crippen LogP contribution in [0.25, 0.3) is 0 Å². The van der Waals surface area contributed by atoms with Crippen LogP contribution in [0.5, 0.6) is 0 Å². The third-order valence-electron chi connectivity index (χ3n) is 1.91. The third-order valence-corrected chi connectivity index (χ3v) is 1.91. The number of hydrogen-bond donors (Lipinski definition) is 0. The first kappa shape index (κ1) is 8.63. The van der Waals surface area contributed by atoms with Crippen LogP contribution in [0, 0.1) is 0 Å². The highest BCUT2D eigenvalue weighted by molar-refractivity contribution is 7.03. The normalized spacial score (nSPS) is 24.9. The van der Waals surface area contributed by atoms with Crippen LogP contribution in [0.4, 0.5) is 0 Å². The second-order valence-corrected chi connectivity index (χ2v) is 2.69. The van der Waals surface area contributed by atoms with Gasteiger partial charge in [0, 0.05) is 12.8 Å². The number of aliphatic imine (C=N–C) groups is 1. The van der Waals surface area contributed by atoms with Crippen molar-refractivity contribution in [1.29, 1.82) is 0 Å². The van der Waals surface area contributed by atoms with Gasteiger partial charge in [0.25, 0.3) is 0 Å². The maximum absolute atomic E-state index is 4.24. The van der Waals surface area contributed by atoms with Gasteiger partial charge in [-0.3, -0.25) is 4.99 Å². The van der Waals surface area contributed by atoms with E-state index in [1.54, 1.807) is 0 Å². The summed E-state index contributed by atoms with van der Waals surface area (Å²) in [6, 6.07) is 0. The second kappa shape index (κ2) is 4.42. The van der Waals surface area contributed by atoms with Gasteiger partial charge in [-0.1, -0.05) is 19.3 Å². The molecule has 0 unspecified atom stereocenters. The first-order valence-corrected chi connectivity index (χ1v) is 4.18. The zero-order chi connectivity index (χ0) is 8.10. The molecule has 11 heavy (non-hydrogen) atoms. The minimum Gasteiger partial charge on any atom is -0.294 e. The molecule has 2 radical (unpaired) electrons. The zero-order valence-corrected chi connectivity index (χ0v) is 7.30. The third kappa shape index (κ3) is 2.25. The Kier molecular flexibility index (Phi) is 3.47. The van der Waals surface area contributed by atoms with E-state index in [0.29, 0.717) is 0 Å². The molecule has 1 aliphatic heterocycles. The van der Waals surface area contributed by atoms with E-state index in [9.17, 15) is 0 Å². The van der Waals surface area contributed by atoms with Crippen molar-refractivity contribution >= 4 is 20.1 Å². The summed E-state index contributed by atoms with van der Waals surface area (Å²) in [6.07, 6.45) is 5.47. The summed E-state index contributed by atoms with van der Waals surface area (Å²) < 4.78 is 0. The van der Waals surface area contributed by atoms with E-state index in [2.05, 4.69) is 32.3 Å². The van der Waals surface area contributed by atoms with E-state index in [4.69, 9.17) is 0 Å². The van der Waals surface area contributed by atoms with Crippen LogP contribution in [0.1, 0.15) is 13.3 Å². The van der Waals surface area contributed by atoms with Crippen molar-refractivity contribution in [3.63, 3.8) is 0 Å². The molecule has 0 N–H and O–H groups in total. The lowest BCUT2D eigenvalue weighted by Gasteiger charge is -2.14. The molecule has 1 saturated heterocycles. The van der Waals surface area contributed by atoms with Gasteiger partial charge in [-0.05, 0) is 18.3 Å². The molecule has 56 valence electrons. The highest BCUT2D eigenvalue weighted by atomic mass is 14.7. The van der Waals surface area contributed by atoms with Gasteiger partial charge in [0.2, 0.25) is 0 Å². The van der Waals surface area contributed by atoms with Crippen LogP contribution >= 0.6 is 0 Å². The van der Waals surface area contributed by atoms with Gasteiger partial charge >= 0.3 is 0 Å². The van der Waals surface area contributed by atoms with Crippen molar-refractivity contribution in [2.24, 2.45) is 4.99 Å². The quantitative estimate of drug-likeness (QED) is 0.496. The maximum atomic E-state index is 4.24. The summed E-state index contributed by atoms with van der Waals surface area (Å²) in [5.74, 6) is 0. The van der Waals surface area contributed by atoms with Gasteiger partial charge in [-0.15, -0.1) is 0 Å². The number of hydrogen-bond acceptors (Lipinski definition) is 1. The van der Waals surface area contributed by atoms with Crippen molar-refractivity contribution in [2.75, 3.05) is 7.05 Å². The predicted octanol–water partition coefficient (Wildman–Crippen LogP) is 1.57. The SMILES string of the molecule is CCC=C1C[B][B]CC1=NC. The van der Waals surface area contributed by atoms with E-state index < -0.39 is 0 Å². The summed E-state index contributed by atoms with van der Waals surface area (Å²) >= 11 is 0. The van der Waals surface area contributed by atoms with Crippen molar-refractivity contribution in [3.05, 3.63) is 11.6 Å². The second-order valence-electron chi connectivity index (χ2n) is 2.69. The Labute approximate surface area is 70.5 Å². The minimum absolute atomic E-state index is 1.02. The maximum Gasteiger partial charge on any atom is 0.0737 e. The first-order chi connectivity index (χ1) is 5.38. The van der Waals surface area contributed by atoms with Crippen LogP contribution in [-0.2, 0) is 0 Å². The van der Waals surface area contributed by atoms with Crippen molar-refractivity contribution in [2.45, 2.75) is 26.0 Å². The van der Waals surface area contributed by atoms with E-state index in [1.807, 2.05) is 7.05 Å². The summed E-state index contributed by atoms with van der Waals surface area (Å²) in [5, 5.41) is 0. The number of nitrogens with zero attached hydrogens (tertiary/aromatic N) is 1. The lowest BCUT2D eigenvalue weighted by molar-refractivity contribution is 1.20.